The van der Waals surface area contributed by atoms with E-state index in [0.29, 0.717) is 5.92 Å². The second-order valence-electron chi connectivity index (χ2n) is 3.06. The lowest BCUT2D eigenvalue weighted by Gasteiger charge is -2.11. The highest BCUT2D eigenvalue weighted by atomic mass is 14.5. The van der Waals surface area contributed by atoms with E-state index in [1.807, 2.05) is 0 Å². The number of nitrogens with two attached hydrogens (primary N) is 1. The lowest BCUT2D eigenvalue weighted by atomic mass is 9.97. The lowest BCUT2D eigenvalue weighted by molar-refractivity contribution is 0.527. The van der Waals surface area contributed by atoms with E-state index in [9.17, 15) is 0 Å². The Morgan fingerprint density at radius 3 is 3.00 bits per heavy atom. The van der Waals surface area contributed by atoms with E-state index in [2.05, 4.69) is 12.2 Å². The SMILES string of the molecule is NCC1C=CCCCCC1. The third-order valence-corrected chi connectivity index (χ3v) is 2.16. The molecule has 2 N–H and O–H groups in total. The first-order chi connectivity index (χ1) is 4.93. The van der Waals surface area contributed by atoms with E-state index < -0.39 is 0 Å². The standard InChI is InChI=1S/C9H17N/c10-8-9-6-4-2-1-3-5-7-9/h4,6,9H,1-3,5,7-8,10H2. The normalized spacial score (nSPS) is 27.5. The van der Waals surface area contributed by atoms with E-state index in [0.717, 1.165) is 6.54 Å². The molecular weight excluding hydrogens is 122 g/mol. The molecule has 0 heterocycles. The number of rotatable bonds is 1. The molecule has 0 fully saturated rings. The summed E-state index contributed by atoms with van der Waals surface area (Å²) in [6.45, 7) is 0.830. The van der Waals surface area contributed by atoms with Crippen LogP contribution in [0.2, 0.25) is 0 Å². The molecule has 1 rings (SSSR count). The van der Waals surface area contributed by atoms with Crippen molar-refractivity contribution in [2.45, 2.75) is 32.1 Å². The summed E-state index contributed by atoms with van der Waals surface area (Å²) < 4.78 is 0. The van der Waals surface area contributed by atoms with Crippen LogP contribution >= 0.6 is 0 Å². The number of allylic oxidation sites excluding steroid dienone is 1. The van der Waals surface area contributed by atoms with Crippen LogP contribution in [-0.4, -0.2) is 6.54 Å². The molecule has 0 radical (unpaired) electrons. The van der Waals surface area contributed by atoms with Gasteiger partial charge < -0.3 is 5.73 Å². The molecule has 0 aliphatic heterocycles. The van der Waals surface area contributed by atoms with E-state index in [1.165, 1.54) is 32.1 Å². The highest BCUT2D eigenvalue weighted by Gasteiger charge is 2.03. The third-order valence-electron chi connectivity index (χ3n) is 2.16. The van der Waals surface area contributed by atoms with Crippen molar-refractivity contribution in [2.24, 2.45) is 11.7 Å². The topological polar surface area (TPSA) is 26.0 Å². The molecule has 0 aromatic heterocycles. The van der Waals surface area contributed by atoms with Gasteiger partial charge >= 0.3 is 0 Å². The van der Waals surface area contributed by atoms with Crippen LogP contribution in [0.15, 0.2) is 12.2 Å². The van der Waals surface area contributed by atoms with Crippen LogP contribution in [0.1, 0.15) is 32.1 Å². The molecule has 1 unspecified atom stereocenters. The smallest absolute Gasteiger partial charge is 0.00142 e. The van der Waals surface area contributed by atoms with Gasteiger partial charge in [-0.15, -0.1) is 0 Å². The molecule has 0 amide bonds. The largest absolute Gasteiger partial charge is 0.330 e. The maximum Gasteiger partial charge on any atom is -0.00142 e. The average Bonchev–Trinajstić information content (AvgIpc) is 1.87. The first kappa shape index (κ1) is 7.80. The number of hydrogen-bond donors (Lipinski definition) is 1. The van der Waals surface area contributed by atoms with Gasteiger partial charge in [-0.3, -0.25) is 0 Å². The molecule has 0 saturated carbocycles. The van der Waals surface area contributed by atoms with Crippen LogP contribution in [0.5, 0.6) is 0 Å². The van der Waals surface area contributed by atoms with E-state index in [4.69, 9.17) is 5.73 Å². The molecule has 0 aromatic rings. The third kappa shape index (κ3) is 2.53. The summed E-state index contributed by atoms with van der Waals surface area (Å²) in [7, 11) is 0. The summed E-state index contributed by atoms with van der Waals surface area (Å²) in [5.74, 6) is 0.667. The van der Waals surface area contributed by atoms with Gasteiger partial charge in [0.2, 0.25) is 0 Å². The Morgan fingerprint density at radius 2 is 2.20 bits per heavy atom. The summed E-state index contributed by atoms with van der Waals surface area (Å²) in [6, 6.07) is 0. The zero-order chi connectivity index (χ0) is 7.23. The summed E-state index contributed by atoms with van der Waals surface area (Å²) in [5, 5.41) is 0. The fourth-order valence-electron chi connectivity index (χ4n) is 1.43. The van der Waals surface area contributed by atoms with Gasteiger partial charge in [0.1, 0.15) is 0 Å². The second kappa shape index (κ2) is 4.51. The van der Waals surface area contributed by atoms with Crippen LogP contribution in [0.4, 0.5) is 0 Å². The highest BCUT2D eigenvalue weighted by molar-refractivity contribution is 4.90. The van der Waals surface area contributed by atoms with Crippen molar-refractivity contribution in [1.82, 2.24) is 0 Å². The molecule has 1 atom stereocenters. The molecule has 1 heteroatoms. The fourth-order valence-corrected chi connectivity index (χ4v) is 1.43. The quantitative estimate of drug-likeness (QED) is 0.553. The van der Waals surface area contributed by atoms with E-state index in [-0.39, 0.29) is 0 Å². The summed E-state index contributed by atoms with van der Waals surface area (Å²) in [4.78, 5) is 0. The van der Waals surface area contributed by atoms with Gasteiger partial charge in [-0.25, -0.2) is 0 Å². The van der Waals surface area contributed by atoms with Crippen molar-refractivity contribution >= 4 is 0 Å². The predicted molar refractivity (Wildman–Crippen MR) is 44.8 cm³/mol. The van der Waals surface area contributed by atoms with Gasteiger partial charge in [0.25, 0.3) is 0 Å². The van der Waals surface area contributed by atoms with Gasteiger partial charge in [0, 0.05) is 0 Å². The van der Waals surface area contributed by atoms with Crippen molar-refractivity contribution in [3.05, 3.63) is 12.2 Å². The van der Waals surface area contributed by atoms with Crippen molar-refractivity contribution in [3.8, 4) is 0 Å². The maximum absolute atomic E-state index is 5.57. The first-order valence-corrected chi connectivity index (χ1v) is 4.30. The van der Waals surface area contributed by atoms with Crippen LogP contribution in [0.25, 0.3) is 0 Å². The Kier molecular flexibility index (Phi) is 3.52. The summed E-state index contributed by atoms with van der Waals surface area (Å²) in [5.41, 5.74) is 5.57. The second-order valence-corrected chi connectivity index (χ2v) is 3.06. The molecule has 0 spiro atoms. The molecule has 58 valence electrons. The van der Waals surface area contributed by atoms with Crippen LogP contribution in [0.3, 0.4) is 0 Å². The Bertz CT molecular complexity index is 107. The first-order valence-electron chi connectivity index (χ1n) is 4.30. The minimum absolute atomic E-state index is 0.667. The Labute approximate surface area is 63.3 Å². The highest BCUT2D eigenvalue weighted by Crippen LogP contribution is 2.15. The summed E-state index contributed by atoms with van der Waals surface area (Å²) in [6.07, 6.45) is 11.3. The molecule has 0 aromatic carbocycles. The molecular formula is C9H17N. The van der Waals surface area contributed by atoms with Crippen molar-refractivity contribution in [2.75, 3.05) is 6.54 Å². The van der Waals surface area contributed by atoms with Crippen LogP contribution in [-0.2, 0) is 0 Å². The molecule has 1 nitrogen and oxygen atoms in total. The van der Waals surface area contributed by atoms with Crippen LogP contribution < -0.4 is 5.73 Å². The van der Waals surface area contributed by atoms with Gasteiger partial charge in [0.15, 0.2) is 0 Å². The van der Waals surface area contributed by atoms with Crippen molar-refractivity contribution < 1.29 is 0 Å². The Morgan fingerprint density at radius 1 is 1.30 bits per heavy atom. The monoisotopic (exact) mass is 139 g/mol. The van der Waals surface area contributed by atoms with Gasteiger partial charge in [-0.05, 0) is 31.7 Å². The molecule has 1 aliphatic carbocycles. The van der Waals surface area contributed by atoms with E-state index in [1.54, 1.807) is 0 Å². The van der Waals surface area contributed by atoms with Crippen LogP contribution in [0, 0.1) is 5.92 Å². The lowest BCUT2D eigenvalue weighted by Crippen LogP contribution is -2.12. The van der Waals surface area contributed by atoms with E-state index >= 15 is 0 Å². The number of hydrogen-bond acceptors (Lipinski definition) is 1. The fraction of sp³-hybridized carbons (Fsp3) is 0.778. The predicted octanol–water partition coefficient (Wildman–Crippen LogP) is 2.08. The van der Waals surface area contributed by atoms with Crippen molar-refractivity contribution in [3.63, 3.8) is 0 Å². The zero-order valence-electron chi connectivity index (χ0n) is 6.55. The molecule has 10 heavy (non-hydrogen) atoms. The molecule has 0 bridgehead atoms. The minimum Gasteiger partial charge on any atom is -0.330 e. The summed E-state index contributed by atoms with van der Waals surface area (Å²) >= 11 is 0. The minimum atomic E-state index is 0.667. The zero-order valence-corrected chi connectivity index (χ0v) is 6.55. The average molecular weight is 139 g/mol. The maximum atomic E-state index is 5.57. The molecule has 1 aliphatic rings. The Hall–Kier alpha value is -0.300. The van der Waals surface area contributed by atoms with Gasteiger partial charge in [-0.2, -0.15) is 0 Å². The van der Waals surface area contributed by atoms with Gasteiger partial charge in [-0.1, -0.05) is 25.0 Å². The van der Waals surface area contributed by atoms with Crippen molar-refractivity contribution in [1.29, 1.82) is 0 Å². The van der Waals surface area contributed by atoms with Gasteiger partial charge in [0.05, 0.1) is 0 Å². The Balaban J connectivity index is 2.33. The molecule has 0 saturated heterocycles.